The minimum Gasteiger partial charge on any atom is -0.464 e. The number of nitriles is 2. The molecule has 0 aromatic heterocycles. The molecule has 1 spiro atoms. The van der Waals surface area contributed by atoms with Crippen LogP contribution in [0.5, 0.6) is 0 Å². The highest BCUT2D eigenvalue weighted by Crippen LogP contribution is 2.59. The quantitative estimate of drug-likeness (QED) is 0.748. The molecule has 2 aliphatic rings. The van der Waals surface area contributed by atoms with Gasteiger partial charge in [-0.2, -0.15) is 10.5 Å². The third-order valence-electron chi connectivity index (χ3n) is 5.61. The number of benzene rings is 2. The molecule has 2 aliphatic heterocycles. The van der Waals surface area contributed by atoms with Crippen molar-refractivity contribution in [3.8, 4) is 12.1 Å². The van der Waals surface area contributed by atoms with Crippen molar-refractivity contribution in [1.82, 2.24) is 5.32 Å². The number of cyclic esters (lactones) is 1. The van der Waals surface area contributed by atoms with Gasteiger partial charge < -0.3 is 4.74 Å². The molecule has 2 heterocycles. The highest BCUT2D eigenvalue weighted by Gasteiger charge is 2.69. The molecule has 134 valence electrons. The molecule has 27 heavy (non-hydrogen) atoms. The van der Waals surface area contributed by atoms with Crippen molar-refractivity contribution in [2.45, 2.75) is 23.9 Å². The monoisotopic (exact) mass is 421 g/mol. The number of nitrogens with one attached hydrogen (secondary N) is 1. The summed E-state index contributed by atoms with van der Waals surface area (Å²) in [6.45, 7) is 0.273. The number of ether oxygens (including phenoxy) is 1. The van der Waals surface area contributed by atoms with Gasteiger partial charge in [-0.05, 0) is 23.3 Å². The maximum Gasteiger partial charge on any atom is 0.327 e. The zero-order valence-electron chi connectivity index (χ0n) is 14.4. The van der Waals surface area contributed by atoms with Gasteiger partial charge in [0.05, 0.1) is 24.8 Å². The standard InChI is InChI=1S/C21H16BrN3O2/c22-16-8-6-15(7-9-16)18-20(12-23,13-24)17(14-4-2-1-3-5-14)21(25-18)10-11-27-19(21)26/h1-9,17-18,25H,10-11H2/t17?,18-,21-/m0/s1. The van der Waals surface area contributed by atoms with E-state index >= 15 is 0 Å². The number of nitrogens with zero attached hydrogens (tertiary/aromatic N) is 2. The smallest absolute Gasteiger partial charge is 0.327 e. The van der Waals surface area contributed by atoms with Crippen molar-refractivity contribution in [3.63, 3.8) is 0 Å². The molecule has 0 radical (unpaired) electrons. The summed E-state index contributed by atoms with van der Waals surface area (Å²) >= 11 is 3.41. The summed E-state index contributed by atoms with van der Waals surface area (Å²) in [5.74, 6) is -1.03. The van der Waals surface area contributed by atoms with E-state index in [9.17, 15) is 15.3 Å². The van der Waals surface area contributed by atoms with Crippen molar-refractivity contribution in [1.29, 1.82) is 10.5 Å². The predicted molar refractivity (Wildman–Crippen MR) is 101 cm³/mol. The Labute approximate surface area is 165 Å². The molecule has 1 unspecified atom stereocenters. The zero-order valence-corrected chi connectivity index (χ0v) is 15.9. The summed E-state index contributed by atoms with van der Waals surface area (Å²) in [7, 11) is 0. The SMILES string of the molecule is N#CC1(C#N)C(c2ccccc2)[C@]2(CCOC2=O)N[C@H]1c1ccc(Br)cc1. The average molecular weight is 422 g/mol. The van der Waals surface area contributed by atoms with Crippen LogP contribution in [0.3, 0.4) is 0 Å². The van der Waals surface area contributed by atoms with Crippen LogP contribution in [0.15, 0.2) is 59.1 Å². The van der Waals surface area contributed by atoms with Crippen molar-refractivity contribution < 1.29 is 9.53 Å². The molecule has 2 aromatic rings. The van der Waals surface area contributed by atoms with Crippen LogP contribution >= 0.6 is 15.9 Å². The molecule has 2 fully saturated rings. The summed E-state index contributed by atoms with van der Waals surface area (Å²) in [5, 5.41) is 23.7. The van der Waals surface area contributed by atoms with Gasteiger partial charge in [-0.15, -0.1) is 0 Å². The Balaban J connectivity index is 1.95. The summed E-state index contributed by atoms with van der Waals surface area (Å²) < 4.78 is 6.20. The van der Waals surface area contributed by atoms with Crippen LogP contribution in [0, 0.1) is 28.1 Å². The molecular weight excluding hydrogens is 406 g/mol. The largest absolute Gasteiger partial charge is 0.464 e. The normalized spacial score (nSPS) is 28.5. The van der Waals surface area contributed by atoms with Crippen LogP contribution in [0.25, 0.3) is 0 Å². The first-order valence-corrected chi connectivity index (χ1v) is 9.44. The molecular formula is C21H16BrN3O2. The van der Waals surface area contributed by atoms with Gasteiger partial charge in [-0.25, -0.2) is 0 Å². The third-order valence-corrected chi connectivity index (χ3v) is 6.13. The van der Waals surface area contributed by atoms with Crippen LogP contribution in [-0.4, -0.2) is 18.1 Å². The van der Waals surface area contributed by atoms with Crippen molar-refractivity contribution in [3.05, 3.63) is 70.2 Å². The lowest BCUT2D eigenvalue weighted by Crippen LogP contribution is -2.49. The van der Waals surface area contributed by atoms with Crippen LogP contribution in [0.4, 0.5) is 0 Å². The van der Waals surface area contributed by atoms with E-state index in [2.05, 4.69) is 33.4 Å². The summed E-state index contributed by atoms with van der Waals surface area (Å²) in [6.07, 6.45) is 0.420. The molecule has 0 saturated carbocycles. The van der Waals surface area contributed by atoms with Gasteiger partial charge in [0.1, 0.15) is 5.54 Å². The molecule has 0 amide bonds. The molecule has 2 aromatic carbocycles. The minimum absolute atomic E-state index is 0.273. The van der Waals surface area contributed by atoms with Gasteiger partial charge in [0, 0.05) is 16.8 Å². The van der Waals surface area contributed by atoms with Crippen molar-refractivity contribution in [2.75, 3.05) is 6.61 Å². The molecule has 2 saturated heterocycles. The number of rotatable bonds is 2. The first-order valence-electron chi connectivity index (χ1n) is 8.65. The van der Waals surface area contributed by atoms with Crippen molar-refractivity contribution in [2.24, 2.45) is 5.41 Å². The van der Waals surface area contributed by atoms with Gasteiger partial charge in [-0.3, -0.25) is 10.1 Å². The Kier molecular flexibility index (Phi) is 4.26. The fraction of sp³-hybridized carbons (Fsp3) is 0.286. The lowest BCUT2D eigenvalue weighted by Gasteiger charge is -2.31. The average Bonchev–Trinajstić information content (AvgIpc) is 3.21. The van der Waals surface area contributed by atoms with E-state index in [-0.39, 0.29) is 6.61 Å². The van der Waals surface area contributed by atoms with E-state index in [0.717, 1.165) is 15.6 Å². The predicted octanol–water partition coefficient (Wildman–Crippen LogP) is 3.60. The Morgan fingerprint density at radius 3 is 2.26 bits per heavy atom. The number of halogens is 1. The summed E-state index contributed by atoms with van der Waals surface area (Å²) in [6, 6.07) is 20.7. The third kappa shape index (κ3) is 2.49. The van der Waals surface area contributed by atoms with Crippen LogP contribution in [-0.2, 0) is 9.53 Å². The van der Waals surface area contributed by atoms with E-state index in [4.69, 9.17) is 4.74 Å². The van der Waals surface area contributed by atoms with E-state index < -0.39 is 28.9 Å². The molecule has 4 rings (SSSR count). The van der Waals surface area contributed by atoms with Gasteiger partial charge in [0.2, 0.25) is 0 Å². The number of carbonyl (C=O) groups excluding carboxylic acids is 1. The molecule has 6 heteroatoms. The Morgan fingerprint density at radius 2 is 1.70 bits per heavy atom. The van der Waals surface area contributed by atoms with E-state index in [1.807, 2.05) is 54.6 Å². The van der Waals surface area contributed by atoms with Gasteiger partial charge >= 0.3 is 5.97 Å². The fourth-order valence-electron chi connectivity index (χ4n) is 4.42. The van der Waals surface area contributed by atoms with Crippen LogP contribution in [0.1, 0.15) is 29.5 Å². The Hall–Kier alpha value is -2.67. The summed E-state index contributed by atoms with van der Waals surface area (Å²) in [5.41, 5.74) is -0.964. The number of esters is 1. The minimum atomic E-state index is -1.45. The molecule has 0 aliphatic carbocycles. The van der Waals surface area contributed by atoms with Gasteiger partial charge in [0.15, 0.2) is 5.41 Å². The highest BCUT2D eigenvalue weighted by atomic mass is 79.9. The Morgan fingerprint density at radius 1 is 1.04 bits per heavy atom. The molecule has 1 N–H and O–H groups in total. The van der Waals surface area contributed by atoms with E-state index in [1.54, 1.807) is 0 Å². The highest BCUT2D eigenvalue weighted by molar-refractivity contribution is 9.10. The first kappa shape index (κ1) is 17.7. The maximum absolute atomic E-state index is 12.8. The second-order valence-corrected chi connectivity index (χ2v) is 7.84. The van der Waals surface area contributed by atoms with Crippen LogP contribution < -0.4 is 5.32 Å². The number of carbonyl (C=O) groups is 1. The van der Waals surface area contributed by atoms with Gasteiger partial charge in [0.25, 0.3) is 0 Å². The first-order chi connectivity index (χ1) is 13.1. The molecule has 0 bridgehead atoms. The lowest BCUT2D eigenvalue weighted by molar-refractivity contribution is -0.143. The lowest BCUT2D eigenvalue weighted by atomic mass is 9.64. The zero-order chi connectivity index (χ0) is 19.1. The molecule has 5 nitrogen and oxygen atoms in total. The Bertz CT molecular complexity index is 948. The van der Waals surface area contributed by atoms with Gasteiger partial charge in [-0.1, -0.05) is 58.4 Å². The van der Waals surface area contributed by atoms with E-state index in [1.165, 1.54) is 0 Å². The molecule has 3 atom stereocenters. The van der Waals surface area contributed by atoms with Crippen LogP contribution in [0.2, 0.25) is 0 Å². The van der Waals surface area contributed by atoms with E-state index in [0.29, 0.717) is 6.42 Å². The number of hydrogen-bond donors (Lipinski definition) is 1. The second-order valence-electron chi connectivity index (χ2n) is 6.92. The second kappa shape index (κ2) is 6.49. The topological polar surface area (TPSA) is 85.9 Å². The van der Waals surface area contributed by atoms with Crippen molar-refractivity contribution >= 4 is 21.9 Å². The maximum atomic E-state index is 12.8. The fourth-order valence-corrected chi connectivity index (χ4v) is 4.68. The number of hydrogen-bond acceptors (Lipinski definition) is 5. The summed E-state index contributed by atoms with van der Waals surface area (Å²) in [4.78, 5) is 12.8.